The summed E-state index contributed by atoms with van der Waals surface area (Å²) in [5.41, 5.74) is 9.22. The largest absolute Gasteiger partial charge is 0.452 e. The second-order valence-electron chi connectivity index (χ2n) is 6.34. The molecule has 0 radical (unpaired) electrons. The molecule has 142 valence electrons. The van der Waals surface area contributed by atoms with Crippen LogP contribution in [0, 0.1) is 6.92 Å². The third kappa shape index (κ3) is 4.98. The number of nitrogens with two attached hydrogens (primary N) is 1. The SMILES string of the molecule is Cc1ccc(C(=O)OCC(=O)Nc2ccc(N3CCOCC3)cc2)cc1N. The highest BCUT2D eigenvalue weighted by molar-refractivity contribution is 5.96. The first kappa shape index (κ1) is 18.7. The molecule has 1 heterocycles. The van der Waals surface area contributed by atoms with Gasteiger partial charge in [0.05, 0.1) is 18.8 Å². The second kappa shape index (κ2) is 8.55. The summed E-state index contributed by atoms with van der Waals surface area (Å²) in [6.45, 7) is 4.63. The van der Waals surface area contributed by atoms with Crippen LogP contribution in [0.5, 0.6) is 0 Å². The van der Waals surface area contributed by atoms with E-state index in [0.29, 0.717) is 16.9 Å². The molecule has 1 saturated heterocycles. The van der Waals surface area contributed by atoms with Gasteiger partial charge in [0, 0.05) is 30.2 Å². The molecule has 0 unspecified atom stereocenters. The van der Waals surface area contributed by atoms with Crippen LogP contribution in [0.3, 0.4) is 0 Å². The van der Waals surface area contributed by atoms with Gasteiger partial charge in [-0.05, 0) is 48.9 Å². The van der Waals surface area contributed by atoms with Gasteiger partial charge < -0.3 is 25.4 Å². The van der Waals surface area contributed by atoms with Gasteiger partial charge in [-0.25, -0.2) is 4.79 Å². The molecular weight excluding hydrogens is 346 g/mol. The van der Waals surface area contributed by atoms with E-state index in [-0.39, 0.29) is 6.61 Å². The van der Waals surface area contributed by atoms with Crippen LogP contribution >= 0.6 is 0 Å². The van der Waals surface area contributed by atoms with E-state index in [1.165, 1.54) is 0 Å². The Labute approximate surface area is 158 Å². The van der Waals surface area contributed by atoms with Crippen molar-refractivity contribution in [1.82, 2.24) is 0 Å². The molecule has 0 aromatic heterocycles. The zero-order chi connectivity index (χ0) is 19.2. The minimum atomic E-state index is -0.584. The number of benzene rings is 2. The molecule has 1 amide bonds. The number of esters is 1. The predicted molar refractivity (Wildman–Crippen MR) is 104 cm³/mol. The van der Waals surface area contributed by atoms with E-state index < -0.39 is 11.9 Å². The molecule has 0 aliphatic carbocycles. The van der Waals surface area contributed by atoms with Crippen molar-refractivity contribution in [2.24, 2.45) is 0 Å². The molecule has 2 aromatic rings. The number of carbonyl (C=O) groups excluding carboxylic acids is 2. The lowest BCUT2D eigenvalue weighted by Crippen LogP contribution is -2.36. The fourth-order valence-electron chi connectivity index (χ4n) is 2.76. The number of nitrogens with zero attached hydrogens (tertiary/aromatic N) is 1. The minimum absolute atomic E-state index is 0.320. The van der Waals surface area contributed by atoms with Crippen LogP contribution in [0.25, 0.3) is 0 Å². The number of nitrogen functional groups attached to an aromatic ring is 1. The van der Waals surface area contributed by atoms with Gasteiger partial charge in [0.1, 0.15) is 0 Å². The summed E-state index contributed by atoms with van der Waals surface area (Å²) in [5.74, 6) is -0.984. The first-order valence-electron chi connectivity index (χ1n) is 8.79. The Balaban J connectivity index is 1.50. The topological polar surface area (TPSA) is 93.9 Å². The van der Waals surface area contributed by atoms with E-state index in [1.54, 1.807) is 18.2 Å². The maximum atomic E-state index is 12.0. The molecule has 1 aliphatic heterocycles. The first-order chi connectivity index (χ1) is 13.0. The third-order valence-corrected chi connectivity index (χ3v) is 4.38. The lowest BCUT2D eigenvalue weighted by atomic mass is 10.1. The number of morpholine rings is 1. The third-order valence-electron chi connectivity index (χ3n) is 4.38. The summed E-state index contributed by atoms with van der Waals surface area (Å²) < 4.78 is 10.4. The minimum Gasteiger partial charge on any atom is -0.452 e. The van der Waals surface area contributed by atoms with E-state index in [9.17, 15) is 9.59 Å². The maximum absolute atomic E-state index is 12.0. The zero-order valence-corrected chi connectivity index (χ0v) is 15.2. The Kier molecular flexibility index (Phi) is 5.93. The molecule has 1 aliphatic rings. The highest BCUT2D eigenvalue weighted by Gasteiger charge is 2.13. The van der Waals surface area contributed by atoms with Crippen molar-refractivity contribution in [2.45, 2.75) is 6.92 Å². The van der Waals surface area contributed by atoms with E-state index in [4.69, 9.17) is 15.2 Å². The molecule has 0 spiro atoms. The summed E-state index contributed by atoms with van der Waals surface area (Å²) in [7, 11) is 0. The van der Waals surface area contributed by atoms with Crippen molar-refractivity contribution in [1.29, 1.82) is 0 Å². The van der Waals surface area contributed by atoms with Crippen LogP contribution in [-0.2, 0) is 14.3 Å². The van der Waals surface area contributed by atoms with Crippen LogP contribution in [0.1, 0.15) is 15.9 Å². The Hall–Kier alpha value is -3.06. The highest BCUT2D eigenvalue weighted by atomic mass is 16.5. The summed E-state index contributed by atoms with van der Waals surface area (Å²) in [5, 5.41) is 2.72. The molecule has 7 nitrogen and oxygen atoms in total. The Morgan fingerprint density at radius 3 is 2.52 bits per heavy atom. The number of carbonyl (C=O) groups is 2. The van der Waals surface area contributed by atoms with Gasteiger partial charge in [-0.15, -0.1) is 0 Å². The fourth-order valence-corrected chi connectivity index (χ4v) is 2.76. The molecule has 1 fully saturated rings. The molecule has 2 aromatic carbocycles. The van der Waals surface area contributed by atoms with Gasteiger partial charge in [0.25, 0.3) is 5.91 Å². The number of nitrogens with one attached hydrogen (secondary N) is 1. The summed E-state index contributed by atoms with van der Waals surface area (Å²) in [6.07, 6.45) is 0. The summed E-state index contributed by atoms with van der Waals surface area (Å²) >= 11 is 0. The number of amides is 1. The van der Waals surface area contributed by atoms with E-state index >= 15 is 0 Å². The van der Waals surface area contributed by atoms with Gasteiger partial charge in [0.2, 0.25) is 0 Å². The van der Waals surface area contributed by atoms with Crippen molar-refractivity contribution in [3.05, 3.63) is 53.6 Å². The number of rotatable bonds is 5. The monoisotopic (exact) mass is 369 g/mol. The van der Waals surface area contributed by atoms with Gasteiger partial charge >= 0.3 is 5.97 Å². The molecule has 7 heteroatoms. The van der Waals surface area contributed by atoms with Gasteiger partial charge in [-0.1, -0.05) is 6.07 Å². The number of hydrogen-bond donors (Lipinski definition) is 2. The van der Waals surface area contributed by atoms with Crippen molar-refractivity contribution in [3.8, 4) is 0 Å². The van der Waals surface area contributed by atoms with Crippen molar-refractivity contribution < 1.29 is 19.1 Å². The predicted octanol–water partition coefficient (Wildman–Crippen LogP) is 2.21. The fraction of sp³-hybridized carbons (Fsp3) is 0.300. The van der Waals surface area contributed by atoms with Gasteiger partial charge in [-0.3, -0.25) is 4.79 Å². The van der Waals surface area contributed by atoms with E-state index in [0.717, 1.165) is 37.6 Å². The van der Waals surface area contributed by atoms with Crippen molar-refractivity contribution >= 4 is 28.9 Å². The highest BCUT2D eigenvalue weighted by Crippen LogP contribution is 2.19. The molecule has 3 N–H and O–H groups in total. The molecular formula is C20H23N3O4. The molecule has 3 rings (SSSR count). The molecule has 0 saturated carbocycles. The maximum Gasteiger partial charge on any atom is 0.338 e. The van der Waals surface area contributed by atoms with Crippen LogP contribution in [-0.4, -0.2) is 44.8 Å². The molecule has 0 bridgehead atoms. The average Bonchev–Trinajstić information content (AvgIpc) is 2.69. The standard InChI is InChI=1S/C20H23N3O4/c1-14-2-3-15(12-18(14)21)20(25)27-13-19(24)22-16-4-6-17(7-5-16)23-8-10-26-11-9-23/h2-7,12H,8-11,13,21H2,1H3,(H,22,24). The number of hydrogen-bond acceptors (Lipinski definition) is 6. The van der Waals surface area contributed by atoms with E-state index in [1.807, 2.05) is 31.2 Å². The lowest BCUT2D eigenvalue weighted by Gasteiger charge is -2.28. The van der Waals surface area contributed by atoms with Crippen LogP contribution in [0.15, 0.2) is 42.5 Å². The quantitative estimate of drug-likeness (QED) is 0.620. The Morgan fingerprint density at radius 1 is 1.15 bits per heavy atom. The Morgan fingerprint density at radius 2 is 1.85 bits per heavy atom. The van der Waals surface area contributed by atoms with E-state index in [2.05, 4.69) is 10.2 Å². The second-order valence-corrected chi connectivity index (χ2v) is 6.34. The Bertz CT molecular complexity index is 814. The van der Waals surface area contributed by atoms with Crippen LogP contribution in [0.4, 0.5) is 17.1 Å². The summed E-state index contributed by atoms with van der Waals surface area (Å²) in [6, 6.07) is 12.4. The number of anilines is 3. The lowest BCUT2D eigenvalue weighted by molar-refractivity contribution is -0.119. The first-order valence-corrected chi connectivity index (χ1v) is 8.79. The smallest absolute Gasteiger partial charge is 0.338 e. The van der Waals surface area contributed by atoms with Gasteiger partial charge in [-0.2, -0.15) is 0 Å². The number of aryl methyl sites for hydroxylation is 1. The molecule has 27 heavy (non-hydrogen) atoms. The van der Waals surface area contributed by atoms with Crippen LogP contribution in [0.2, 0.25) is 0 Å². The molecule has 0 atom stereocenters. The normalized spacial score (nSPS) is 13.9. The van der Waals surface area contributed by atoms with Gasteiger partial charge in [0.15, 0.2) is 6.61 Å². The summed E-state index contributed by atoms with van der Waals surface area (Å²) in [4.78, 5) is 26.3. The zero-order valence-electron chi connectivity index (χ0n) is 15.2. The number of ether oxygens (including phenoxy) is 2. The van der Waals surface area contributed by atoms with Crippen molar-refractivity contribution in [3.63, 3.8) is 0 Å². The van der Waals surface area contributed by atoms with Crippen molar-refractivity contribution in [2.75, 3.05) is 48.9 Å². The average molecular weight is 369 g/mol. The van der Waals surface area contributed by atoms with Crippen LogP contribution < -0.4 is 16.0 Å².